The maximum atomic E-state index is 13.0. The van der Waals surface area contributed by atoms with Crippen LogP contribution in [0.1, 0.15) is 11.1 Å². The molecular formula is C20H24N3O4S+. The zero-order valence-corrected chi connectivity index (χ0v) is 16.6. The van der Waals surface area contributed by atoms with Crippen molar-refractivity contribution in [3.8, 4) is 0 Å². The van der Waals surface area contributed by atoms with E-state index in [4.69, 9.17) is 0 Å². The summed E-state index contributed by atoms with van der Waals surface area (Å²) in [7, 11) is -3.74. The Morgan fingerprint density at radius 3 is 2.46 bits per heavy atom. The zero-order chi connectivity index (χ0) is 20.1. The molecule has 0 atom stereocenters. The van der Waals surface area contributed by atoms with E-state index in [1.807, 2.05) is 30.3 Å². The topological polar surface area (TPSA) is 85.0 Å². The van der Waals surface area contributed by atoms with Gasteiger partial charge in [0.15, 0.2) is 0 Å². The Morgan fingerprint density at radius 1 is 1.14 bits per heavy atom. The van der Waals surface area contributed by atoms with Crippen LogP contribution in [0.4, 0.5) is 5.69 Å². The highest BCUT2D eigenvalue weighted by atomic mass is 32.2. The van der Waals surface area contributed by atoms with Crippen molar-refractivity contribution in [3.05, 3.63) is 75.8 Å². The van der Waals surface area contributed by atoms with Gasteiger partial charge in [-0.25, -0.2) is 8.42 Å². The van der Waals surface area contributed by atoms with Crippen LogP contribution in [-0.2, 0) is 10.0 Å². The number of nitrogens with zero attached hydrogens (tertiary/aromatic N) is 2. The van der Waals surface area contributed by atoms with Crippen LogP contribution in [0.3, 0.4) is 0 Å². The number of nitro groups is 1. The van der Waals surface area contributed by atoms with Gasteiger partial charge in [0.25, 0.3) is 5.69 Å². The molecular weight excluding hydrogens is 378 g/mol. The number of benzene rings is 2. The maximum absolute atomic E-state index is 13.0. The lowest BCUT2D eigenvalue weighted by atomic mass is 10.2. The molecule has 0 amide bonds. The average Bonchev–Trinajstić information content (AvgIpc) is 2.69. The van der Waals surface area contributed by atoms with Gasteiger partial charge in [-0.1, -0.05) is 42.5 Å². The van der Waals surface area contributed by atoms with Gasteiger partial charge in [0, 0.05) is 12.1 Å². The lowest BCUT2D eigenvalue weighted by Gasteiger charge is -2.31. The molecule has 0 radical (unpaired) electrons. The van der Waals surface area contributed by atoms with Crippen LogP contribution in [0.2, 0.25) is 0 Å². The molecule has 8 heteroatoms. The van der Waals surface area contributed by atoms with Gasteiger partial charge in [-0.05, 0) is 24.1 Å². The summed E-state index contributed by atoms with van der Waals surface area (Å²) in [4.78, 5) is 11.8. The van der Waals surface area contributed by atoms with Crippen LogP contribution in [0.5, 0.6) is 0 Å². The largest absolute Gasteiger partial charge is 0.329 e. The molecule has 1 heterocycles. The first kappa shape index (κ1) is 20.2. The van der Waals surface area contributed by atoms with E-state index in [-0.39, 0.29) is 10.6 Å². The van der Waals surface area contributed by atoms with Crippen molar-refractivity contribution in [3.63, 3.8) is 0 Å². The summed E-state index contributed by atoms with van der Waals surface area (Å²) in [6, 6.07) is 14.0. The quantitative estimate of drug-likeness (QED) is 0.586. The minimum absolute atomic E-state index is 0.0223. The molecule has 1 aliphatic rings. The van der Waals surface area contributed by atoms with Crippen molar-refractivity contribution in [1.82, 2.24) is 4.31 Å². The van der Waals surface area contributed by atoms with Crippen molar-refractivity contribution in [2.45, 2.75) is 11.8 Å². The minimum atomic E-state index is -3.74. The summed E-state index contributed by atoms with van der Waals surface area (Å²) >= 11 is 0. The number of aryl methyl sites for hydroxylation is 1. The fourth-order valence-corrected chi connectivity index (χ4v) is 4.98. The number of sulfonamides is 1. The van der Waals surface area contributed by atoms with E-state index < -0.39 is 14.9 Å². The van der Waals surface area contributed by atoms with Crippen LogP contribution >= 0.6 is 0 Å². The zero-order valence-electron chi connectivity index (χ0n) is 15.7. The van der Waals surface area contributed by atoms with Crippen molar-refractivity contribution in [1.29, 1.82) is 0 Å². The summed E-state index contributed by atoms with van der Waals surface area (Å²) in [6.45, 7) is 4.70. The molecule has 2 aromatic carbocycles. The van der Waals surface area contributed by atoms with Gasteiger partial charge in [-0.2, -0.15) is 4.31 Å². The predicted octanol–water partition coefficient (Wildman–Crippen LogP) is 1.51. The number of quaternary nitrogens is 1. The first-order chi connectivity index (χ1) is 13.4. The van der Waals surface area contributed by atoms with Gasteiger partial charge < -0.3 is 4.90 Å². The molecule has 0 unspecified atom stereocenters. The predicted molar refractivity (Wildman–Crippen MR) is 108 cm³/mol. The summed E-state index contributed by atoms with van der Waals surface area (Å²) in [6.07, 6.45) is 4.18. The number of nitrogens with one attached hydrogen (secondary N) is 1. The van der Waals surface area contributed by atoms with Crippen LogP contribution in [0.15, 0.2) is 59.5 Å². The molecule has 1 aliphatic heterocycles. The fourth-order valence-electron chi connectivity index (χ4n) is 3.29. The third-order valence-electron chi connectivity index (χ3n) is 4.95. The van der Waals surface area contributed by atoms with Crippen molar-refractivity contribution >= 4 is 21.8 Å². The maximum Gasteiger partial charge on any atom is 0.270 e. The monoisotopic (exact) mass is 402 g/mol. The molecule has 0 bridgehead atoms. The molecule has 0 saturated carbocycles. The Labute approximate surface area is 165 Å². The molecule has 0 spiro atoms. The highest BCUT2D eigenvalue weighted by Crippen LogP contribution is 2.24. The lowest BCUT2D eigenvalue weighted by molar-refractivity contribution is -0.897. The Bertz CT molecular complexity index is 966. The van der Waals surface area contributed by atoms with Gasteiger partial charge in [-0.3, -0.25) is 10.1 Å². The fraction of sp³-hybridized carbons (Fsp3) is 0.300. The van der Waals surface area contributed by atoms with E-state index in [1.54, 1.807) is 6.92 Å². The summed E-state index contributed by atoms with van der Waals surface area (Å²) in [5, 5.41) is 11.0. The smallest absolute Gasteiger partial charge is 0.270 e. The molecule has 148 valence electrons. The van der Waals surface area contributed by atoms with Gasteiger partial charge in [0.1, 0.15) is 0 Å². The molecule has 7 nitrogen and oxygen atoms in total. The molecule has 2 aromatic rings. The Hall–Kier alpha value is -2.55. The van der Waals surface area contributed by atoms with Crippen LogP contribution < -0.4 is 4.90 Å². The molecule has 1 fully saturated rings. The highest BCUT2D eigenvalue weighted by molar-refractivity contribution is 7.89. The molecule has 0 aromatic heterocycles. The van der Waals surface area contributed by atoms with Crippen LogP contribution in [0, 0.1) is 17.0 Å². The van der Waals surface area contributed by atoms with Crippen LogP contribution in [-0.4, -0.2) is 50.4 Å². The third-order valence-corrected chi connectivity index (χ3v) is 6.99. The van der Waals surface area contributed by atoms with E-state index in [9.17, 15) is 18.5 Å². The summed E-state index contributed by atoms with van der Waals surface area (Å²) in [5.74, 6) is 0. The van der Waals surface area contributed by atoms with Gasteiger partial charge in [0.05, 0.1) is 42.5 Å². The standard InChI is InChI=1S/C20H23N3O4S/c1-17-9-10-19(23(24)25)16-20(17)28(26,27)22-14-12-21(13-15-22)11-5-8-18-6-3-2-4-7-18/h2-10,16H,11-15H2,1H3/p+1/b8-5+. The van der Waals surface area contributed by atoms with E-state index in [0.29, 0.717) is 31.7 Å². The first-order valence-corrected chi connectivity index (χ1v) is 10.6. The Morgan fingerprint density at radius 2 is 1.82 bits per heavy atom. The van der Waals surface area contributed by atoms with E-state index in [0.717, 1.165) is 18.2 Å². The van der Waals surface area contributed by atoms with Crippen LogP contribution in [0.25, 0.3) is 6.08 Å². The lowest BCUT2D eigenvalue weighted by Crippen LogP contribution is -3.14. The second kappa shape index (κ2) is 8.64. The van der Waals surface area contributed by atoms with Gasteiger partial charge >= 0.3 is 0 Å². The molecule has 28 heavy (non-hydrogen) atoms. The van der Waals surface area contributed by atoms with Crippen molar-refractivity contribution in [2.24, 2.45) is 0 Å². The molecule has 1 saturated heterocycles. The van der Waals surface area contributed by atoms with Crippen molar-refractivity contribution < 1.29 is 18.2 Å². The molecule has 1 N–H and O–H groups in total. The normalized spacial score (nSPS) is 16.5. The number of piperazine rings is 1. The Balaban J connectivity index is 1.63. The number of nitro benzene ring substituents is 1. The number of hydrogen-bond acceptors (Lipinski definition) is 4. The summed E-state index contributed by atoms with van der Waals surface area (Å²) in [5.41, 5.74) is 1.45. The third kappa shape index (κ3) is 4.64. The van der Waals surface area contributed by atoms with Crippen molar-refractivity contribution in [2.75, 3.05) is 32.7 Å². The van der Waals surface area contributed by atoms with Gasteiger partial charge in [0.2, 0.25) is 10.0 Å². The Kier molecular flexibility index (Phi) is 6.23. The number of non-ortho nitro benzene ring substituents is 1. The molecule has 3 rings (SSSR count). The molecule has 0 aliphatic carbocycles. The highest BCUT2D eigenvalue weighted by Gasteiger charge is 2.32. The average molecular weight is 402 g/mol. The number of hydrogen-bond donors (Lipinski definition) is 1. The van der Waals surface area contributed by atoms with E-state index in [1.165, 1.54) is 21.3 Å². The van der Waals surface area contributed by atoms with E-state index >= 15 is 0 Å². The second-order valence-electron chi connectivity index (χ2n) is 6.88. The first-order valence-electron chi connectivity index (χ1n) is 9.18. The van der Waals surface area contributed by atoms with Gasteiger partial charge in [-0.15, -0.1) is 0 Å². The number of rotatable bonds is 6. The summed E-state index contributed by atoms with van der Waals surface area (Å²) < 4.78 is 27.4. The van der Waals surface area contributed by atoms with E-state index in [2.05, 4.69) is 12.2 Å². The minimum Gasteiger partial charge on any atom is -0.329 e. The SMILES string of the molecule is Cc1ccc([N+](=O)[O-])cc1S(=O)(=O)N1CC[NH+](C/C=C/c2ccccc2)CC1. The second-order valence-corrected chi connectivity index (χ2v) is 8.78.